The summed E-state index contributed by atoms with van der Waals surface area (Å²) in [6.45, 7) is 7.05. The van der Waals surface area contributed by atoms with Gasteiger partial charge in [0.05, 0.1) is 33.8 Å². The molecule has 0 aliphatic carbocycles. The summed E-state index contributed by atoms with van der Waals surface area (Å²) in [4.78, 5) is 37.7. The summed E-state index contributed by atoms with van der Waals surface area (Å²) in [6.07, 6.45) is 63.1. The second kappa shape index (κ2) is 53.9. The van der Waals surface area contributed by atoms with E-state index in [0.717, 1.165) is 57.8 Å². The summed E-state index contributed by atoms with van der Waals surface area (Å²) in [6, 6.07) is -0.845. The van der Waals surface area contributed by atoms with Crippen LogP contribution in [0.1, 0.15) is 316 Å². The summed E-state index contributed by atoms with van der Waals surface area (Å²) < 4.78 is 30.7. The fourth-order valence-corrected chi connectivity index (χ4v) is 10.2. The molecule has 0 aromatic rings. The van der Waals surface area contributed by atoms with E-state index in [0.29, 0.717) is 23.9 Å². The van der Waals surface area contributed by atoms with Crippen LogP contribution in [0.3, 0.4) is 0 Å². The van der Waals surface area contributed by atoms with Crippen LogP contribution in [0.5, 0.6) is 0 Å². The molecule has 0 aromatic carbocycles. The van der Waals surface area contributed by atoms with E-state index in [2.05, 4.69) is 38.2 Å². The monoisotopic (exact) mass is 1050 g/mol. The number of phosphoric acid groups is 1. The summed E-state index contributed by atoms with van der Waals surface area (Å²) in [5.74, 6) is -0.492. The fraction of sp³-hybridized carbons (Fsp3) is 0.905. The third-order valence-corrected chi connectivity index (χ3v) is 15.4. The van der Waals surface area contributed by atoms with Crippen LogP contribution in [-0.4, -0.2) is 74.3 Å². The maximum absolute atomic E-state index is 13.5. The lowest BCUT2D eigenvalue weighted by Gasteiger charge is -2.27. The maximum atomic E-state index is 13.5. The van der Waals surface area contributed by atoms with Crippen molar-refractivity contribution in [1.29, 1.82) is 0 Å². The summed E-state index contributed by atoms with van der Waals surface area (Å²) in [7, 11) is 1.51. The molecule has 0 radical (unpaired) electrons. The number of esters is 1. The van der Waals surface area contributed by atoms with Crippen LogP contribution < -0.4 is 5.32 Å². The Hall–Kier alpha value is -1.51. The Labute approximate surface area is 454 Å². The van der Waals surface area contributed by atoms with E-state index in [4.69, 9.17) is 13.8 Å². The van der Waals surface area contributed by atoms with E-state index in [1.54, 1.807) is 0 Å². The smallest absolute Gasteiger partial charge is 0.456 e. The first-order valence-electron chi connectivity index (χ1n) is 31.7. The van der Waals surface area contributed by atoms with Gasteiger partial charge in [-0.3, -0.25) is 18.6 Å². The Morgan fingerprint density at radius 3 is 1.16 bits per heavy atom. The second-order valence-corrected chi connectivity index (χ2v) is 24.4. The summed E-state index contributed by atoms with van der Waals surface area (Å²) in [5, 5.41) is 3.06. The Balaban J connectivity index is 5.26. The van der Waals surface area contributed by atoms with Crippen molar-refractivity contribution in [3.05, 3.63) is 24.3 Å². The molecule has 0 fully saturated rings. The standard InChI is InChI=1S/C63H123N2O7P/c1-7-10-13-16-19-22-25-28-30-32-34-37-40-43-46-49-52-55-62(66)64-60(59-71-73(68,69)70-58-57-65(4,5)6)61(54-51-48-45-42-39-36-27-24-21-18-15-12-9-3)72-63(67)56-53-50-47-44-41-38-35-33-31-29-26-23-20-17-14-11-8-2/h28,30,51,54,60-61H,7-27,29,31-50,52-53,55-59H2,1-6H3,(H-,64,66,68,69)/p+1/b30-28+,54-51+. The third kappa shape index (κ3) is 55.1. The van der Waals surface area contributed by atoms with Gasteiger partial charge in [0.25, 0.3) is 0 Å². The first kappa shape index (κ1) is 71.5. The highest BCUT2D eigenvalue weighted by molar-refractivity contribution is 7.47. The number of carbonyl (C=O) groups excluding carboxylic acids is 2. The van der Waals surface area contributed by atoms with Crippen molar-refractivity contribution in [2.75, 3.05) is 40.9 Å². The lowest BCUT2D eigenvalue weighted by Crippen LogP contribution is -2.47. The highest BCUT2D eigenvalue weighted by atomic mass is 31.2. The van der Waals surface area contributed by atoms with Crippen molar-refractivity contribution >= 4 is 19.7 Å². The number of nitrogens with one attached hydrogen (secondary N) is 1. The van der Waals surface area contributed by atoms with Crippen LogP contribution in [-0.2, 0) is 27.9 Å². The predicted octanol–water partition coefficient (Wildman–Crippen LogP) is 19.3. The van der Waals surface area contributed by atoms with Crippen molar-refractivity contribution < 1.29 is 37.3 Å². The number of hydrogen-bond acceptors (Lipinski definition) is 6. The summed E-state index contributed by atoms with van der Waals surface area (Å²) in [5.41, 5.74) is 0. The molecule has 9 nitrogen and oxygen atoms in total. The Bertz CT molecular complexity index is 1300. The molecule has 0 heterocycles. The highest BCUT2D eigenvalue weighted by Gasteiger charge is 2.30. The van der Waals surface area contributed by atoms with E-state index in [9.17, 15) is 19.0 Å². The number of rotatable bonds is 58. The first-order chi connectivity index (χ1) is 35.4. The normalized spacial score (nSPS) is 13.8. The molecule has 1 amide bonds. The minimum atomic E-state index is -4.44. The Morgan fingerprint density at radius 1 is 0.466 bits per heavy atom. The van der Waals surface area contributed by atoms with Gasteiger partial charge in [-0.1, -0.05) is 270 Å². The van der Waals surface area contributed by atoms with E-state index >= 15 is 0 Å². The van der Waals surface area contributed by atoms with Gasteiger partial charge in [0.15, 0.2) is 0 Å². The molecule has 0 saturated heterocycles. The first-order valence-corrected chi connectivity index (χ1v) is 33.2. The van der Waals surface area contributed by atoms with Gasteiger partial charge >= 0.3 is 13.8 Å². The van der Waals surface area contributed by atoms with Gasteiger partial charge in [-0.05, 0) is 57.4 Å². The average molecular weight is 1050 g/mol. The van der Waals surface area contributed by atoms with Gasteiger partial charge < -0.3 is 19.4 Å². The van der Waals surface area contributed by atoms with Gasteiger partial charge in [0, 0.05) is 12.8 Å². The molecule has 0 bridgehead atoms. The highest BCUT2D eigenvalue weighted by Crippen LogP contribution is 2.43. The minimum Gasteiger partial charge on any atom is -0.456 e. The lowest BCUT2D eigenvalue weighted by molar-refractivity contribution is -0.870. The van der Waals surface area contributed by atoms with Crippen LogP contribution in [0, 0.1) is 0 Å². The van der Waals surface area contributed by atoms with E-state index in [1.165, 1.54) is 225 Å². The van der Waals surface area contributed by atoms with Gasteiger partial charge in [-0.15, -0.1) is 0 Å². The zero-order valence-corrected chi connectivity index (χ0v) is 50.3. The predicted molar refractivity (Wildman–Crippen MR) is 314 cm³/mol. The zero-order valence-electron chi connectivity index (χ0n) is 49.4. The summed E-state index contributed by atoms with van der Waals surface area (Å²) >= 11 is 0. The van der Waals surface area contributed by atoms with Gasteiger partial charge in [0.1, 0.15) is 19.3 Å². The molecule has 3 atom stereocenters. The number of phosphoric ester groups is 1. The van der Waals surface area contributed by atoms with Crippen molar-refractivity contribution in [1.82, 2.24) is 5.32 Å². The van der Waals surface area contributed by atoms with Crippen LogP contribution in [0.4, 0.5) is 0 Å². The van der Waals surface area contributed by atoms with Crippen molar-refractivity contribution in [3.8, 4) is 0 Å². The quantitative estimate of drug-likeness (QED) is 0.0205. The maximum Gasteiger partial charge on any atom is 0.472 e. The van der Waals surface area contributed by atoms with Crippen molar-refractivity contribution in [3.63, 3.8) is 0 Å². The number of amides is 1. The van der Waals surface area contributed by atoms with Crippen LogP contribution in [0.2, 0.25) is 0 Å². The topological polar surface area (TPSA) is 111 Å². The number of ether oxygens (including phenoxy) is 1. The van der Waals surface area contributed by atoms with E-state index in [1.807, 2.05) is 33.3 Å². The third-order valence-electron chi connectivity index (χ3n) is 14.4. The van der Waals surface area contributed by atoms with Crippen LogP contribution in [0.25, 0.3) is 0 Å². The van der Waals surface area contributed by atoms with Crippen molar-refractivity contribution in [2.24, 2.45) is 0 Å². The average Bonchev–Trinajstić information content (AvgIpc) is 3.35. The molecule has 0 rings (SSSR count). The van der Waals surface area contributed by atoms with Crippen LogP contribution >= 0.6 is 7.82 Å². The molecule has 0 spiro atoms. The number of carbonyl (C=O) groups is 2. The minimum absolute atomic E-state index is 0.0430. The molecule has 10 heteroatoms. The molecule has 2 N–H and O–H groups in total. The molecule has 3 unspecified atom stereocenters. The second-order valence-electron chi connectivity index (χ2n) is 22.9. The molecule has 0 saturated carbocycles. The van der Waals surface area contributed by atoms with Crippen LogP contribution in [0.15, 0.2) is 24.3 Å². The van der Waals surface area contributed by atoms with Crippen molar-refractivity contribution in [2.45, 2.75) is 328 Å². The number of likely N-dealkylation sites (N-methyl/N-ethyl adjacent to an activating group) is 1. The number of quaternary nitrogens is 1. The number of unbranched alkanes of at least 4 members (excludes halogenated alkanes) is 40. The fourth-order valence-electron chi connectivity index (χ4n) is 9.47. The Kier molecular flexibility index (Phi) is 52.8. The Morgan fingerprint density at radius 2 is 0.795 bits per heavy atom. The molecule has 73 heavy (non-hydrogen) atoms. The molecule has 0 aliphatic rings. The molecule has 0 aliphatic heterocycles. The van der Waals surface area contributed by atoms with Gasteiger partial charge in [-0.25, -0.2) is 4.57 Å². The SMILES string of the molecule is CCCCCCCC/C=C/CCCCCCCCCC(=O)NC(COP(=O)(O)OCC[N+](C)(C)C)C(/C=C/CCCCCCCCCCCCC)OC(=O)CCCCCCCCCCCCCCCCCCC. The number of hydrogen-bond donors (Lipinski definition) is 2. The van der Waals surface area contributed by atoms with E-state index in [-0.39, 0.29) is 25.1 Å². The molecule has 0 aromatic heterocycles. The largest absolute Gasteiger partial charge is 0.472 e. The molecular weight excluding hydrogens is 928 g/mol. The zero-order chi connectivity index (χ0) is 53.6. The van der Waals surface area contributed by atoms with Gasteiger partial charge in [-0.2, -0.15) is 0 Å². The number of allylic oxidation sites excluding steroid dienone is 3. The van der Waals surface area contributed by atoms with E-state index < -0.39 is 20.0 Å². The van der Waals surface area contributed by atoms with Gasteiger partial charge in [0.2, 0.25) is 5.91 Å². The molecule has 432 valence electrons. The number of nitrogens with zero attached hydrogens (tertiary/aromatic N) is 1. The molecular formula is C63H124N2O7P+. The lowest BCUT2D eigenvalue weighted by atomic mass is 10.0.